The van der Waals surface area contributed by atoms with E-state index in [1.54, 1.807) is 6.07 Å². The van der Waals surface area contributed by atoms with Crippen molar-refractivity contribution in [3.8, 4) is 0 Å². The van der Waals surface area contributed by atoms with Crippen molar-refractivity contribution in [1.82, 2.24) is 4.90 Å². The smallest absolute Gasteiger partial charge is 0.233 e. The second-order valence-corrected chi connectivity index (χ2v) is 7.57. The van der Waals surface area contributed by atoms with E-state index in [9.17, 15) is 9.18 Å². The van der Waals surface area contributed by atoms with Gasteiger partial charge in [0.15, 0.2) is 0 Å². The Hall–Kier alpha value is -1.72. The summed E-state index contributed by atoms with van der Waals surface area (Å²) in [4.78, 5) is 15.4. The summed E-state index contributed by atoms with van der Waals surface area (Å²) in [5.41, 5.74) is 1.24. The molecule has 1 saturated heterocycles. The minimum absolute atomic E-state index is 0.0925. The van der Waals surface area contributed by atoms with Gasteiger partial charge in [0.05, 0.1) is 5.41 Å². The van der Waals surface area contributed by atoms with Crippen LogP contribution in [0.1, 0.15) is 30.9 Å². The zero-order chi connectivity index (χ0) is 18.6. The Bertz CT molecular complexity index is 757. The van der Waals surface area contributed by atoms with Gasteiger partial charge in [0.2, 0.25) is 5.91 Å². The molecule has 5 heteroatoms. The van der Waals surface area contributed by atoms with Crippen molar-refractivity contribution in [1.29, 1.82) is 0 Å². The third-order valence-electron chi connectivity index (χ3n) is 5.08. The molecular weight excluding hydrogens is 397 g/mol. The molecule has 3 nitrogen and oxygen atoms in total. The van der Waals surface area contributed by atoms with Crippen LogP contribution in [-0.4, -0.2) is 30.6 Å². The second-order valence-electron chi connectivity index (χ2n) is 6.65. The molecule has 1 fully saturated rings. The molecule has 0 atom stereocenters. The van der Waals surface area contributed by atoms with E-state index in [1.807, 2.05) is 42.2 Å². The van der Waals surface area contributed by atoms with Crippen molar-refractivity contribution in [3.05, 3.63) is 69.9 Å². The second kappa shape index (κ2) is 8.31. The number of likely N-dealkylation sites (N-methyl/N-ethyl adjacent to an activating group) is 1. The average Bonchev–Trinajstić information content (AvgIpc) is 2.66. The maximum Gasteiger partial charge on any atom is 0.233 e. The van der Waals surface area contributed by atoms with E-state index in [1.165, 1.54) is 12.1 Å². The normalized spacial score (nSPS) is 16.3. The molecular formula is C21H23BrFNO2. The Morgan fingerprint density at radius 2 is 1.88 bits per heavy atom. The van der Waals surface area contributed by atoms with Crippen LogP contribution in [0.25, 0.3) is 0 Å². The summed E-state index contributed by atoms with van der Waals surface area (Å²) in [6.07, 6.45) is 1.32. The number of benzene rings is 2. The van der Waals surface area contributed by atoms with Crippen LogP contribution in [0.5, 0.6) is 0 Å². The first-order chi connectivity index (χ1) is 12.5. The highest BCUT2D eigenvalue weighted by Gasteiger charge is 2.43. The molecule has 1 aliphatic rings. The van der Waals surface area contributed by atoms with Crippen LogP contribution in [0, 0.1) is 5.82 Å². The van der Waals surface area contributed by atoms with Gasteiger partial charge in [-0.15, -0.1) is 0 Å². The predicted octanol–water partition coefficient (Wildman–Crippen LogP) is 4.69. The van der Waals surface area contributed by atoms with Gasteiger partial charge in [-0.2, -0.15) is 0 Å². The van der Waals surface area contributed by atoms with Crippen molar-refractivity contribution in [2.24, 2.45) is 0 Å². The zero-order valence-corrected chi connectivity index (χ0v) is 16.5. The zero-order valence-electron chi connectivity index (χ0n) is 14.9. The third kappa shape index (κ3) is 3.99. The number of nitrogens with zero attached hydrogens (tertiary/aromatic N) is 1. The first kappa shape index (κ1) is 19.1. The molecule has 0 unspecified atom stereocenters. The molecule has 0 aromatic heterocycles. The fraction of sp³-hybridized carbons (Fsp3) is 0.381. The Labute approximate surface area is 162 Å². The van der Waals surface area contributed by atoms with Crippen LogP contribution in [0.2, 0.25) is 0 Å². The fourth-order valence-electron chi connectivity index (χ4n) is 3.60. The number of ether oxygens (including phenoxy) is 1. The largest absolute Gasteiger partial charge is 0.381 e. The topological polar surface area (TPSA) is 29.5 Å². The highest BCUT2D eigenvalue weighted by molar-refractivity contribution is 9.10. The lowest BCUT2D eigenvalue weighted by Crippen LogP contribution is -2.49. The van der Waals surface area contributed by atoms with E-state index in [0.29, 0.717) is 39.1 Å². The summed E-state index contributed by atoms with van der Waals surface area (Å²) in [6.45, 7) is 4.09. The number of rotatable bonds is 5. The van der Waals surface area contributed by atoms with Gasteiger partial charge >= 0.3 is 0 Å². The lowest BCUT2D eigenvalue weighted by molar-refractivity contribution is -0.141. The predicted molar refractivity (Wildman–Crippen MR) is 103 cm³/mol. The number of hydrogen-bond acceptors (Lipinski definition) is 2. The molecule has 2 aromatic carbocycles. The first-order valence-electron chi connectivity index (χ1n) is 8.93. The Morgan fingerprint density at radius 1 is 1.19 bits per heavy atom. The molecule has 1 amide bonds. The molecule has 1 heterocycles. The summed E-state index contributed by atoms with van der Waals surface area (Å²) in [5.74, 6) is -0.186. The van der Waals surface area contributed by atoms with E-state index < -0.39 is 5.41 Å². The molecule has 0 aliphatic carbocycles. The molecule has 0 radical (unpaired) electrons. The van der Waals surface area contributed by atoms with Crippen LogP contribution in [0.3, 0.4) is 0 Å². The molecule has 0 spiro atoms. The summed E-state index contributed by atoms with van der Waals surface area (Å²) in [7, 11) is 0. The molecule has 0 bridgehead atoms. The van der Waals surface area contributed by atoms with Gasteiger partial charge < -0.3 is 9.64 Å². The lowest BCUT2D eigenvalue weighted by Gasteiger charge is -2.40. The van der Waals surface area contributed by atoms with Crippen LogP contribution in [0.4, 0.5) is 4.39 Å². The van der Waals surface area contributed by atoms with Gasteiger partial charge in [0.1, 0.15) is 5.82 Å². The summed E-state index contributed by atoms with van der Waals surface area (Å²) in [5, 5.41) is 0. The van der Waals surface area contributed by atoms with E-state index in [0.717, 1.165) is 15.6 Å². The van der Waals surface area contributed by atoms with Crippen molar-refractivity contribution >= 4 is 21.8 Å². The molecule has 138 valence electrons. The minimum atomic E-state index is -0.581. The SMILES string of the molecule is CCN(Cc1cccc(F)c1)C(=O)C1(c2ccc(Br)cc2)CCOCC1. The Morgan fingerprint density at radius 3 is 2.50 bits per heavy atom. The Balaban J connectivity index is 1.91. The van der Waals surface area contributed by atoms with Gasteiger partial charge in [-0.3, -0.25) is 4.79 Å². The third-order valence-corrected chi connectivity index (χ3v) is 5.61. The quantitative estimate of drug-likeness (QED) is 0.703. The van der Waals surface area contributed by atoms with Gasteiger partial charge in [0.25, 0.3) is 0 Å². The molecule has 0 N–H and O–H groups in total. The fourth-order valence-corrected chi connectivity index (χ4v) is 3.86. The average molecular weight is 420 g/mol. The van der Waals surface area contributed by atoms with Crippen molar-refractivity contribution in [2.45, 2.75) is 31.7 Å². The van der Waals surface area contributed by atoms with Crippen LogP contribution in [-0.2, 0) is 21.5 Å². The standard InChI is InChI=1S/C21H23BrFNO2/c1-2-24(15-16-4-3-5-19(23)14-16)20(25)21(10-12-26-13-11-21)17-6-8-18(22)9-7-17/h3-9,14H,2,10-13,15H2,1H3. The summed E-state index contributed by atoms with van der Waals surface area (Å²) >= 11 is 3.46. The van der Waals surface area contributed by atoms with E-state index in [4.69, 9.17) is 4.74 Å². The first-order valence-corrected chi connectivity index (χ1v) is 9.72. The number of amides is 1. The summed E-state index contributed by atoms with van der Waals surface area (Å²) in [6, 6.07) is 14.4. The molecule has 0 saturated carbocycles. The van der Waals surface area contributed by atoms with Crippen molar-refractivity contribution in [2.75, 3.05) is 19.8 Å². The molecule has 26 heavy (non-hydrogen) atoms. The van der Waals surface area contributed by atoms with Crippen molar-refractivity contribution in [3.63, 3.8) is 0 Å². The number of hydrogen-bond donors (Lipinski definition) is 0. The van der Waals surface area contributed by atoms with E-state index in [2.05, 4.69) is 15.9 Å². The Kier molecular flexibility index (Phi) is 6.09. The highest BCUT2D eigenvalue weighted by Crippen LogP contribution is 2.37. The van der Waals surface area contributed by atoms with E-state index >= 15 is 0 Å². The maximum atomic E-state index is 13.6. The number of carbonyl (C=O) groups excluding carboxylic acids is 1. The number of halogens is 2. The summed E-state index contributed by atoms with van der Waals surface area (Å²) < 4.78 is 20.1. The van der Waals surface area contributed by atoms with Crippen LogP contribution >= 0.6 is 15.9 Å². The van der Waals surface area contributed by atoms with Crippen LogP contribution < -0.4 is 0 Å². The van der Waals surface area contributed by atoms with Gasteiger partial charge in [-0.1, -0.05) is 40.2 Å². The molecule has 3 rings (SSSR count). The molecule has 1 aliphatic heterocycles. The van der Waals surface area contributed by atoms with E-state index in [-0.39, 0.29) is 11.7 Å². The van der Waals surface area contributed by atoms with Gasteiger partial charge in [-0.05, 0) is 55.2 Å². The van der Waals surface area contributed by atoms with Gasteiger partial charge in [0, 0.05) is 30.8 Å². The monoisotopic (exact) mass is 419 g/mol. The minimum Gasteiger partial charge on any atom is -0.381 e. The maximum absolute atomic E-state index is 13.6. The highest BCUT2D eigenvalue weighted by atomic mass is 79.9. The lowest BCUT2D eigenvalue weighted by atomic mass is 9.73. The number of carbonyl (C=O) groups is 1. The van der Waals surface area contributed by atoms with Gasteiger partial charge in [-0.25, -0.2) is 4.39 Å². The van der Waals surface area contributed by atoms with Crippen molar-refractivity contribution < 1.29 is 13.9 Å². The van der Waals surface area contributed by atoms with Crippen LogP contribution in [0.15, 0.2) is 53.0 Å². The molecule has 2 aromatic rings.